The first-order valence-electron chi connectivity index (χ1n) is 8.06. The highest BCUT2D eigenvalue weighted by atomic mass is 127. The summed E-state index contributed by atoms with van der Waals surface area (Å²) in [5.41, 5.74) is -0.221. The summed E-state index contributed by atoms with van der Waals surface area (Å²) in [7, 11) is 0. The number of amides is 1. The van der Waals surface area contributed by atoms with E-state index < -0.39 is 29.4 Å². The molecule has 1 amide bonds. The Morgan fingerprint density at radius 2 is 1.73 bits per heavy atom. The van der Waals surface area contributed by atoms with E-state index in [9.17, 15) is 27.3 Å². The maximum atomic E-state index is 14.7. The molecule has 0 aliphatic carbocycles. The number of ether oxygens (including phenoxy) is 2. The number of benzene rings is 2. The topological polar surface area (TPSA) is 86.3 Å². The summed E-state index contributed by atoms with van der Waals surface area (Å²) < 4.78 is 61.3. The molecule has 0 spiro atoms. The van der Waals surface area contributed by atoms with Crippen molar-refractivity contribution in [2.45, 2.75) is 6.36 Å². The van der Waals surface area contributed by atoms with Crippen molar-refractivity contribution in [2.75, 3.05) is 5.32 Å². The Morgan fingerprint density at radius 1 is 1.07 bits per heavy atom. The van der Waals surface area contributed by atoms with Gasteiger partial charge in [-0.25, -0.2) is 4.39 Å². The Kier molecular flexibility index (Phi) is 6.24. The minimum atomic E-state index is -4.84. The monoisotopic (exact) mass is 536 g/mol. The van der Waals surface area contributed by atoms with Crippen molar-refractivity contribution in [3.05, 3.63) is 74.7 Å². The van der Waals surface area contributed by atoms with Crippen molar-refractivity contribution in [3.8, 4) is 17.2 Å². The quantitative estimate of drug-likeness (QED) is 0.283. The van der Waals surface area contributed by atoms with Crippen LogP contribution < -0.4 is 19.3 Å². The molecule has 1 aromatic heterocycles. The number of nitrogens with zero attached hydrogens (tertiary/aromatic N) is 1. The van der Waals surface area contributed by atoms with Crippen LogP contribution in [0.3, 0.4) is 0 Å². The van der Waals surface area contributed by atoms with E-state index in [0.29, 0.717) is 4.54 Å². The number of aromatic nitrogens is 2. The van der Waals surface area contributed by atoms with Gasteiger partial charge in [0.05, 0.1) is 16.8 Å². The van der Waals surface area contributed by atoms with Crippen LogP contribution in [0.4, 0.5) is 23.2 Å². The Balaban J connectivity index is 1.86. The van der Waals surface area contributed by atoms with Gasteiger partial charge in [0.25, 0.3) is 12.1 Å². The third-order valence-electron chi connectivity index (χ3n) is 3.56. The number of rotatable bonds is 5. The van der Waals surface area contributed by atoms with E-state index in [4.69, 9.17) is 4.74 Å². The zero-order valence-corrected chi connectivity index (χ0v) is 16.8. The predicted molar refractivity (Wildman–Crippen MR) is 104 cm³/mol. The number of anilines is 1. The van der Waals surface area contributed by atoms with Crippen LogP contribution in [-0.2, 0) is 0 Å². The van der Waals surface area contributed by atoms with Gasteiger partial charge in [-0.1, -0.05) is 0 Å². The van der Waals surface area contributed by atoms with E-state index in [1.165, 1.54) is 36.5 Å². The first-order chi connectivity index (χ1) is 14.1. The average Bonchev–Trinajstić information content (AvgIpc) is 2.67. The number of hydrogen-bond acceptors (Lipinski definition) is 4. The first-order valence-corrected chi connectivity index (χ1v) is 9.14. The molecule has 12 heteroatoms. The number of halogens is 5. The van der Waals surface area contributed by atoms with Gasteiger partial charge in [0, 0.05) is 9.64 Å². The Labute approximate surface area is 179 Å². The smallest absolute Gasteiger partial charge is 0.456 e. The molecule has 0 unspecified atom stereocenters. The molecule has 2 aromatic carbocycles. The fourth-order valence-corrected chi connectivity index (χ4v) is 2.76. The fraction of sp³-hybridized carbons (Fsp3) is 0.0556. The van der Waals surface area contributed by atoms with Gasteiger partial charge in [-0.2, -0.15) is 0 Å². The standard InChI is InChI=1S/C18H10F4IN3O4/c19-16-13(23)5-6-14(15(16)17(27)25-10-7-8-26(28)24-9-10)29-11-1-3-12(4-2-11)30-18(20,21)22/h1-9H,(H-,24,25,27,28)/p+1. The van der Waals surface area contributed by atoms with Crippen LogP contribution >= 0.6 is 22.6 Å². The van der Waals surface area contributed by atoms with Gasteiger partial charge in [-0.05, 0) is 59.0 Å². The lowest BCUT2D eigenvalue weighted by Gasteiger charge is -2.14. The molecule has 0 saturated heterocycles. The summed E-state index contributed by atoms with van der Waals surface area (Å²) in [5.74, 6) is -2.26. The number of carbonyl (C=O) groups excluding carboxylic acids is 1. The fourth-order valence-electron chi connectivity index (χ4n) is 2.31. The minimum Gasteiger partial charge on any atom is -0.456 e. The molecule has 0 bridgehead atoms. The van der Waals surface area contributed by atoms with Crippen LogP contribution in [0.25, 0.3) is 0 Å². The molecule has 0 radical (unpaired) electrons. The predicted octanol–water partition coefficient (Wildman–Crippen LogP) is 4.62. The Morgan fingerprint density at radius 3 is 2.33 bits per heavy atom. The average molecular weight is 536 g/mol. The van der Waals surface area contributed by atoms with Crippen molar-refractivity contribution >= 4 is 34.2 Å². The molecule has 3 aromatic rings. The number of H-pyrrole nitrogens is 1. The number of alkyl halides is 3. The number of aromatic amines is 1. The SMILES string of the molecule is O=C(Nc1cc[n+](=O)[nH]c1)c1c(Oc2ccc(OC(F)(F)F)cc2)ccc(I)c1F. The molecule has 1 heterocycles. The maximum absolute atomic E-state index is 14.7. The van der Waals surface area contributed by atoms with Crippen molar-refractivity contribution in [2.24, 2.45) is 0 Å². The number of hydrogen-bond donors (Lipinski definition) is 2. The zero-order valence-electron chi connectivity index (χ0n) is 14.7. The van der Waals surface area contributed by atoms with Crippen LogP contribution in [0, 0.1) is 14.3 Å². The van der Waals surface area contributed by atoms with Gasteiger partial charge in [-0.3, -0.25) is 4.79 Å². The van der Waals surface area contributed by atoms with Crippen LogP contribution in [0.1, 0.15) is 10.4 Å². The molecule has 3 rings (SSSR count). The van der Waals surface area contributed by atoms with Gasteiger partial charge in [0.15, 0.2) is 10.4 Å². The second-order valence-electron chi connectivity index (χ2n) is 5.68. The maximum Gasteiger partial charge on any atom is 0.573 e. The summed E-state index contributed by atoms with van der Waals surface area (Å²) in [4.78, 5) is 23.6. The third kappa shape index (κ3) is 5.46. The Bertz CT molecular complexity index is 1110. The van der Waals surface area contributed by atoms with Gasteiger partial charge >= 0.3 is 6.36 Å². The molecule has 0 aliphatic heterocycles. The zero-order chi connectivity index (χ0) is 21.9. The molecule has 0 saturated carbocycles. The largest absolute Gasteiger partial charge is 0.573 e. The van der Waals surface area contributed by atoms with Gasteiger partial charge in [0.1, 0.15) is 22.8 Å². The molecule has 156 valence electrons. The molecule has 0 atom stereocenters. The van der Waals surface area contributed by atoms with E-state index in [0.717, 1.165) is 18.3 Å². The second-order valence-corrected chi connectivity index (χ2v) is 6.84. The lowest BCUT2D eigenvalue weighted by molar-refractivity contribution is -0.564. The second kappa shape index (κ2) is 8.69. The summed E-state index contributed by atoms with van der Waals surface area (Å²) >= 11 is 1.70. The van der Waals surface area contributed by atoms with Crippen molar-refractivity contribution in [1.29, 1.82) is 0 Å². The number of carbonyl (C=O) groups is 1. The van der Waals surface area contributed by atoms with Crippen molar-refractivity contribution in [1.82, 2.24) is 5.10 Å². The van der Waals surface area contributed by atoms with Crippen molar-refractivity contribution in [3.63, 3.8) is 0 Å². The van der Waals surface area contributed by atoms with E-state index in [-0.39, 0.29) is 20.8 Å². The van der Waals surface area contributed by atoms with Crippen LogP contribution in [0.5, 0.6) is 17.2 Å². The van der Waals surface area contributed by atoms with Crippen LogP contribution in [-0.4, -0.2) is 17.4 Å². The van der Waals surface area contributed by atoms with Gasteiger partial charge < -0.3 is 14.8 Å². The summed E-state index contributed by atoms with van der Waals surface area (Å²) in [5, 5.41) is 4.71. The van der Waals surface area contributed by atoms with Gasteiger partial charge in [0.2, 0.25) is 0 Å². The highest BCUT2D eigenvalue weighted by molar-refractivity contribution is 14.1. The van der Waals surface area contributed by atoms with Crippen LogP contribution in [0.2, 0.25) is 0 Å². The molecule has 30 heavy (non-hydrogen) atoms. The third-order valence-corrected chi connectivity index (χ3v) is 4.40. The van der Waals surface area contributed by atoms with Crippen molar-refractivity contribution < 1.29 is 36.4 Å². The Hall–Kier alpha value is -3.16. The van der Waals surface area contributed by atoms with Crippen LogP contribution in [0.15, 0.2) is 54.9 Å². The first kappa shape index (κ1) is 21.5. The molecular formula is C18H11F4IN3O4+. The normalized spacial score (nSPS) is 11.1. The van der Waals surface area contributed by atoms with Gasteiger partial charge in [-0.15, -0.1) is 18.3 Å². The minimum absolute atomic E-state index is 0.0552. The van der Waals surface area contributed by atoms with E-state index >= 15 is 0 Å². The lowest BCUT2D eigenvalue weighted by Crippen LogP contribution is -2.20. The van der Waals surface area contributed by atoms with E-state index in [1.807, 2.05) is 0 Å². The lowest BCUT2D eigenvalue weighted by atomic mass is 10.1. The molecule has 2 N–H and O–H groups in total. The summed E-state index contributed by atoms with van der Waals surface area (Å²) in [6.07, 6.45) is -2.54. The number of nitrogens with one attached hydrogen (secondary N) is 2. The molecule has 0 fully saturated rings. The molecule has 0 aliphatic rings. The summed E-state index contributed by atoms with van der Waals surface area (Å²) in [6, 6.07) is 8.41. The highest BCUT2D eigenvalue weighted by Crippen LogP contribution is 2.32. The summed E-state index contributed by atoms with van der Waals surface area (Å²) in [6.45, 7) is 0. The van der Waals surface area contributed by atoms with E-state index in [1.54, 1.807) is 22.6 Å². The highest BCUT2D eigenvalue weighted by Gasteiger charge is 2.31. The molecule has 7 nitrogen and oxygen atoms in total. The van der Waals surface area contributed by atoms with E-state index in [2.05, 4.69) is 15.2 Å². The molecular weight excluding hydrogens is 525 g/mol.